The first-order valence-electron chi connectivity index (χ1n) is 8.95. The van der Waals surface area contributed by atoms with Crippen LogP contribution >= 0.6 is 0 Å². The predicted octanol–water partition coefficient (Wildman–Crippen LogP) is 3.26. The molecule has 4 rings (SSSR count). The smallest absolute Gasteiger partial charge is 0.326 e. The van der Waals surface area contributed by atoms with Crippen molar-refractivity contribution < 1.29 is 18.3 Å². The van der Waals surface area contributed by atoms with Crippen LogP contribution in [-0.2, 0) is 13.6 Å². The van der Waals surface area contributed by atoms with Crippen molar-refractivity contribution in [2.45, 2.75) is 6.54 Å². The summed E-state index contributed by atoms with van der Waals surface area (Å²) in [7, 11) is 1.65. The third kappa shape index (κ3) is 3.90. The minimum atomic E-state index is -1.01. The van der Waals surface area contributed by atoms with Crippen LogP contribution in [0.15, 0.2) is 59.5 Å². The standard InChI is InChI=1S/C21H16F2N4O3/c1-27-18-6-3-13(8-17(18)26-21(27)29)20(28)25-11-12-2-7-19(24-10-12)30-14-4-5-15(22)16(23)9-14/h2-10H,11H2,1H3,(H,25,28)(H,26,29). The van der Waals surface area contributed by atoms with Gasteiger partial charge in [0.1, 0.15) is 5.75 Å². The Morgan fingerprint density at radius 1 is 1.13 bits per heavy atom. The first-order chi connectivity index (χ1) is 14.4. The number of aromatic nitrogens is 3. The van der Waals surface area contributed by atoms with E-state index in [1.54, 1.807) is 37.4 Å². The van der Waals surface area contributed by atoms with E-state index < -0.39 is 11.6 Å². The summed E-state index contributed by atoms with van der Waals surface area (Å²) in [6.07, 6.45) is 1.51. The van der Waals surface area contributed by atoms with E-state index in [-0.39, 0.29) is 29.8 Å². The Bertz CT molecular complexity index is 1300. The Hall–Kier alpha value is -4.01. The Kier molecular flexibility index (Phi) is 5.01. The van der Waals surface area contributed by atoms with E-state index in [0.29, 0.717) is 16.6 Å². The van der Waals surface area contributed by atoms with E-state index in [9.17, 15) is 18.4 Å². The largest absolute Gasteiger partial charge is 0.439 e. The molecule has 0 saturated heterocycles. The summed E-state index contributed by atoms with van der Waals surface area (Å²) in [5.74, 6) is -1.95. The van der Waals surface area contributed by atoms with Crippen molar-refractivity contribution in [2.24, 2.45) is 7.05 Å². The predicted molar refractivity (Wildman–Crippen MR) is 105 cm³/mol. The van der Waals surface area contributed by atoms with Gasteiger partial charge in [-0.05, 0) is 35.9 Å². The molecule has 2 aromatic carbocycles. The number of imidazole rings is 1. The van der Waals surface area contributed by atoms with E-state index in [2.05, 4.69) is 15.3 Å². The normalized spacial score (nSPS) is 10.9. The first-order valence-corrected chi connectivity index (χ1v) is 8.95. The molecule has 7 nitrogen and oxygen atoms in total. The van der Waals surface area contributed by atoms with E-state index in [1.807, 2.05) is 0 Å². The van der Waals surface area contributed by atoms with Crippen molar-refractivity contribution >= 4 is 16.9 Å². The molecule has 0 atom stereocenters. The lowest BCUT2D eigenvalue weighted by Crippen LogP contribution is -2.22. The van der Waals surface area contributed by atoms with Crippen LogP contribution in [0.4, 0.5) is 8.78 Å². The summed E-state index contributed by atoms with van der Waals surface area (Å²) < 4.78 is 33.0. The highest BCUT2D eigenvalue weighted by atomic mass is 19.2. The fourth-order valence-electron chi connectivity index (χ4n) is 2.90. The van der Waals surface area contributed by atoms with Crippen molar-refractivity contribution in [3.8, 4) is 11.6 Å². The number of H-pyrrole nitrogens is 1. The summed E-state index contributed by atoms with van der Waals surface area (Å²) >= 11 is 0. The number of rotatable bonds is 5. The van der Waals surface area contributed by atoms with Gasteiger partial charge in [-0.3, -0.25) is 9.36 Å². The van der Waals surface area contributed by atoms with Gasteiger partial charge in [-0.15, -0.1) is 0 Å². The average Bonchev–Trinajstić information content (AvgIpc) is 3.03. The highest BCUT2D eigenvalue weighted by Crippen LogP contribution is 2.21. The van der Waals surface area contributed by atoms with Crippen LogP contribution < -0.4 is 15.7 Å². The fourth-order valence-corrected chi connectivity index (χ4v) is 2.90. The molecule has 2 heterocycles. The number of pyridine rings is 1. The molecular formula is C21H16F2N4O3. The van der Waals surface area contributed by atoms with Crippen molar-refractivity contribution in [3.63, 3.8) is 0 Å². The molecular weight excluding hydrogens is 394 g/mol. The van der Waals surface area contributed by atoms with Crippen molar-refractivity contribution in [1.29, 1.82) is 0 Å². The number of amides is 1. The zero-order valence-electron chi connectivity index (χ0n) is 15.8. The number of ether oxygens (including phenoxy) is 1. The van der Waals surface area contributed by atoms with Crippen LogP contribution in [-0.4, -0.2) is 20.4 Å². The summed E-state index contributed by atoms with van der Waals surface area (Å²) in [5, 5.41) is 2.77. The van der Waals surface area contributed by atoms with E-state index in [4.69, 9.17) is 4.74 Å². The highest BCUT2D eigenvalue weighted by molar-refractivity contribution is 5.97. The first kappa shape index (κ1) is 19.3. The van der Waals surface area contributed by atoms with Crippen LogP contribution in [0.3, 0.4) is 0 Å². The summed E-state index contributed by atoms with van der Waals surface area (Å²) in [6, 6.07) is 11.4. The number of nitrogens with zero attached hydrogens (tertiary/aromatic N) is 2. The minimum absolute atomic E-state index is 0.122. The Labute approximate surface area is 168 Å². The molecule has 0 fully saturated rings. The summed E-state index contributed by atoms with van der Waals surface area (Å²) in [5.41, 5.74) is 2.16. The highest BCUT2D eigenvalue weighted by Gasteiger charge is 2.10. The van der Waals surface area contributed by atoms with E-state index >= 15 is 0 Å². The summed E-state index contributed by atoms with van der Waals surface area (Å²) in [4.78, 5) is 30.8. The van der Waals surface area contributed by atoms with E-state index in [1.165, 1.54) is 16.8 Å². The zero-order chi connectivity index (χ0) is 21.3. The number of hydrogen-bond acceptors (Lipinski definition) is 4. The zero-order valence-corrected chi connectivity index (χ0v) is 15.8. The molecule has 0 bridgehead atoms. The Morgan fingerprint density at radius 3 is 2.70 bits per heavy atom. The van der Waals surface area contributed by atoms with Gasteiger partial charge in [-0.25, -0.2) is 18.6 Å². The number of hydrogen-bond donors (Lipinski definition) is 2. The lowest BCUT2D eigenvalue weighted by atomic mass is 10.2. The molecule has 4 aromatic rings. The molecule has 0 radical (unpaired) electrons. The number of benzene rings is 2. The monoisotopic (exact) mass is 410 g/mol. The van der Waals surface area contributed by atoms with Gasteiger partial charge in [-0.1, -0.05) is 6.07 Å². The van der Waals surface area contributed by atoms with Crippen LogP contribution in [0.5, 0.6) is 11.6 Å². The Morgan fingerprint density at radius 2 is 1.97 bits per heavy atom. The maximum absolute atomic E-state index is 13.2. The topological polar surface area (TPSA) is 89.0 Å². The molecule has 1 amide bonds. The molecule has 0 unspecified atom stereocenters. The van der Waals surface area contributed by atoms with Crippen molar-refractivity contribution in [3.05, 3.63) is 88.0 Å². The third-order valence-electron chi connectivity index (χ3n) is 4.53. The van der Waals surface area contributed by atoms with Crippen molar-refractivity contribution in [1.82, 2.24) is 19.9 Å². The molecule has 2 aromatic heterocycles. The maximum Gasteiger partial charge on any atom is 0.326 e. The molecule has 0 aliphatic rings. The van der Waals surface area contributed by atoms with E-state index in [0.717, 1.165) is 17.7 Å². The maximum atomic E-state index is 13.2. The van der Waals surface area contributed by atoms with Crippen LogP contribution in [0.25, 0.3) is 11.0 Å². The molecule has 0 saturated carbocycles. The van der Waals surface area contributed by atoms with Gasteiger partial charge in [0, 0.05) is 37.5 Å². The van der Waals surface area contributed by atoms with Crippen LogP contribution in [0.1, 0.15) is 15.9 Å². The van der Waals surface area contributed by atoms with Crippen molar-refractivity contribution in [2.75, 3.05) is 0 Å². The second-order valence-electron chi connectivity index (χ2n) is 6.59. The van der Waals surface area contributed by atoms with Gasteiger partial charge in [0.25, 0.3) is 5.91 Å². The van der Waals surface area contributed by atoms with Gasteiger partial charge < -0.3 is 15.0 Å². The number of aryl methyl sites for hydroxylation is 1. The molecule has 0 spiro atoms. The fraction of sp³-hybridized carbons (Fsp3) is 0.0952. The molecule has 2 N–H and O–H groups in total. The SMILES string of the molecule is Cn1c(=O)[nH]c2cc(C(=O)NCc3ccc(Oc4ccc(F)c(F)c4)nc3)ccc21. The van der Waals surface area contributed by atoms with Gasteiger partial charge >= 0.3 is 5.69 Å². The van der Waals surface area contributed by atoms with Gasteiger partial charge in [-0.2, -0.15) is 0 Å². The molecule has 152 valence electrons. The third-order valence-corrected chi connectivity index (χ3v) is 4.53. The number of carbonyl (C=O) groups excluding carboxylic acids is 1. The molecule has 0 aliphatic carbocycles. The lowest BCUT2D eigenvalue weighted by Gasteiger charge is -2.08. The summed E-state index contributed by atoms with van der Waals surface area (Å²) in [6.45, 7) is 0.223. The van der Waals surface area contributed by atoms with Crippen LogP contribution in [0, 0.1) is 11.6 Å². The molecule has 0 aliphatic heterocycles. The number of fused-ring (bicyclic) bond motifs is 1. The van der Waals surface area contributed by atoms with Gasteiger partial charge in [0.2, 0.25) is 5.88 Å². The van der Waals surface area contributed by atoms with Crippen LogP contribution in [0.2, 0.25) is 0 Å². The molecule has 30 heavy (non-hydrogen) atoms. The number of carbonyl (C=O) groups is 1. The van der Waals surface area contributed by atoms with Gasteiger partial charge in [0.15, 0.2) is 11.6 Å². The Balaban J connectivity index is 1.39. The lowest BCUT2D eigenvalue weighted by molar-refractivity contribution is 0.0951. The van der Waals surface area contributed by atoms with Gasteiger partial charge in [0.05, 0.1) is 11.0 Å². The number of halogens is 2. The number of aromatic amines is 1. The second kappa shape index (κ2) is 7.78. The average molecular weight is 410 g/mol. The number of nitrogens with one attached hydrogen (secondary N) is 2. The second-order valence-corrected chi connectivity index (χ2v) is 6.59. The molecule has 9 heteroatoms. The minimum Gasteiger partial charge on any atom is -0.439 e. The quantitative estimate of drug-likeness (QED) is 0.529.